The molecule has 0 aliphatic rings. The molecule has 0 radical (unpaired) electrons. The number of benzene rings is 1. The number of hydrogen-bond acceptors (Lipinski definition) is 5. The third kappa shape index (κ3) is 5.14. The molecule has 1 rings (SSSR count). The number of ether oxygens (including phenoxy) is 1. The molecule has 2 N–H and O–H groups in total. The average molecular weight is 278 g/mol. The lowest BCUT2D eigenvalue weighted by atomic mass is 10.2. The number of amides is 1. The van der Waals surface area contributed by atoms with Gasteiger partial charge in [0.05, 0.1) is 6.54 Å². The molecular weight excluding hydrogens is 260 g/mol. The first kappa shape index (κ1) is 15.8. The summed E-state index contributed by atoms with van der Waals surface area (Å²) in [5.74, 6) is 1.63. The topological polar surface area (TPSA) is 78.9 Å². The first-order valence-corrected chi connectivity index (χ1v) is 6.09. The molecule has 0 spiro atoms. The number of nitrogens with one attached hydrogen (secondary N) is 1. The average Bonchev–Trinajstić information content (AvgIpc) is 2.44. The molecule has 0 saturated heterocycles. The maximum absolute atomic E-state index is 11.4. The summed E-state index contributed by atoms with van der Waals surface area (Å²) >= 11 is 0. The number of likely N-dealkylation sites (N-methyl/N-ethyl adjacent to an activating group) is 1. The van der Waals surface area contributed by atoms with E-state index in [-0.39, 0.29) is 18.8 Å². The van der Waals surface area contributed by atoms with Gasteiger partial charge in [0.1, 0.15) is 24.3 Å². The molecule has 1 amide bonds. The van der Waals surface area contributed by atoms with E-state index in [0.717, 1.165) is 5.56 Å². The quantitative estimate of drug-likeness (QED) is 0.743. The van der Waals surface area contributed by atoms with Crippen molar-refractivity contribution in [1.29, 1.82) is 0 Å². The van der Waals surface area contributed by atoms with Crippen LogP contribution in [0.15, 0.2) is 36.0 Å². The van der Waals surface area contributed by atoms with Crippen LogP contribution in [0, 0.1) is 0 Å². The fraction of sp³-hybridized carbons (Fsp3) is 0.357. The number of aliphatic hydroxyl groups excluding tert-OH is 1. The van der Waals surface area contributed by atoms with Crippen molar-refractivity contribution >= 4 is 12.0 Å². The Morgan fingerprint density at radius 1 is 1.40 bits per heavy atom. The fourth-order valence-electron chi connectivity index (χ4n) is 1.51. The molecular formula is C14H18N2O4. The van der Waals surface area contributed by atoms with E-state index in [1.54, 1.807) is 20.0 Å². The van der Waals surface area contributed by atoms with Gasteiger partial charge in [0.25, 0.3) is 0 Å². The molecule has 1 aromatic carbocycles. The van der Waals surface area contributed by atoms with E-state index in [9.17, 15) is 14.7 Å². The van der Waals surface area contributed by atoms with Gasteiger partial charge in [-0.25, -0.2) is 9.59 Å². The lowest BCUT2D eigenvalue weighted by molar-refractivity contribution is 0.128. The van der Waals surface area contributed by atoms with Gasteiger partial charge < -0.3 is 20.1 Å². The van der Waals surface area contributed by atoms with Gasteiger partial charge in [-0.1, -0.05) is 30.3 Å². The van der Waals surface area contributed by atoms with Crippen LogP contribution in [0.3, 0.4) is 0 Å². The third-order valence-corrected chi connectivity index (χ3v) is 2.55. The van der Waals surface area contributed by atoms with Crippen LogP contribution in [0.2, 0.25) is 0 Å². The molecule has 0 heterocycles. The van der Waals surface area contributed by atoms with E-state index < -0.39 is 12.2 Å². The number of nitrogens with zero attached hydrogens (tertiary/aromatic N) is 1. The Balaban J connectivity index is 2.35. The minimum atomic E-state index is -1.12. The van der Waals surface area contributed by atoms with Crippen LogP contribution in [-0.2, 0) is 16.1 Å². The molecule has 0 bridgehead atoms. The molecule has 0 saturated carbocycles. The van der Waals surface area contributed by atoms with Crippen LogP contribution < -0.4 is 5.32 Å². The number of aliphatic hydroxyl groups is 1. The van der Waals surface area contributed by atoms with Crippen molar-refractivity contribution in [3.63, 3.8) is 0 Å². The molecule has 6 heteroatoms. The van der Waals surface area contributed by atoms with E-state index in [1.165, 1.54) is 4.90 Å². The number of hydrogen-bond donors (Lipinski definition) is 2. The molecule has 6 nitrogen and oxygen atoms in total. The van der Waals surface area contributed by atoms with Crippen LogP contribution in [0.5, 0.6) is 0 Å². The zero-order valence-electron chi connectivity index (χ0n) is 11.5. The van der Waals surface area contributed by atoms with Gasteiger partial charge in [0.15, 0.2) is 0 Å². The van der Waals surface area contributed by atoms with Crippen molar-refractivity contribution < 1.29 is 19.4 Å². The Kier molecular flexibility index (Phi) is 6.29. The highest BCUT2D eigenvalue weighted by Gasteiger charge is 2.15. The third-order valence-electron chi connectivity index (χ3n) is 2.55. The lowest BCUT2D eigenvalue weighted by Gasteiger charge is -2.19. The van der Waals surface area contributed by atoms with Gasteiger partial charge in [-0.2, -0.15) is 0 Å². The first-order valence-electron chi connectivity index (χ1n) is 6.09. The second-order valence-corrected chi connectivity index (χ2v) is 4.34. The summed E-state index contributed by atoms with van der Waals surface area (Å²) in [6.07, 6.45) is -1.77. The van der Waals surface area contributed by atoms with Crippen LogP contribution >= 0.6 is 0 Å². The van der Waals surface area contributed by atoms with E-state index in [1.807, 2.05) is 30.3 Å². The molecule has 108 valence electrons. The van der Waals surface area contributed by atoms with Gasteiger partial charge in [-0.15, -0.1) is 0 Å². The van der Waals surface area contributed by atoms with Crippen LogP contribution in [0.25, 0.3) is 0 Å². The number of alkyl carbamates (subject to hydrolysis) is 1. The minimum Gasteiger partial charge on any atom is -0.445 e. The van der Waals surface area contributed by atoms with Crippen molar-refractivity contribution in [3.05, 3.63) is 41.6 Å². The number of carbonyl (C=O) groups excluding carboxylic acids is 2. The number of carbonyl (C=O) groups is 1. The second-order valence-electron chi connectivity index (χ2n) is 4.34. The highest BCUT2D eigenvalue weighted by atomic mass is 16.5. The maximum Gasteiger partial charge on any atom is 0.407 e. The zero-order chi connectivity index (χ0) is 15.0. The van der Waals surface area contributed by atoms with Gasteiger partial charge in [-0.05, 0) is 5.56 Å². The van der Waals surface area contributed by atoms with Gasteiger partial charge in [-0.3, -0.25) is 0 Å². The predicted molar refractivity (Wildman–Crippen MR) is 73.5 cm³/mol. The van der Waals surface area contributed by atoms with E-state index >= 15 is 0 Å². The summed E-state index contributed by atoms with van der Waals surface area (Å²) in [6, 6.07) is 9.23. The fourth-order valence-corrected chi connectivity index (χ4v) is 1.51. The van der Waals surface area contributed by atoms with E-state index in [2.05, 4.69) is 5.32 Å². The smallest absolute Gasteiger partial charge is 0.407 e. The van der Waals surface area contributed by atoms with Gasteiger partial charge in [0, 0.05) is 14.1 Å². The normalized spacial score (nSPS) is 11.2. The van der Waals surface area contributed by atoms with Crippen LogP contribution in [-0.4, -0.2) is 48.8 Å². The Morgan fingerprint density at radius 2 is 2.05 bits per heavy atom. The summed E-state index contributed by atoms with van der Waals surface area (Å²) in [7, 11) is 3.22. The standard InChI is InChI=1S/C14H18N2O4/c1-16(2)12(9-17)13(18)8-15-14(19)20-10-11-6-4-3-5-7-11/h3-7,13,18H,8,10H2,1-2H3,(H,15,19)/t13-/m0/s1. The van der Waals surface area contributed by atoms with Crippen molar-refractivity contribution in [3.8, 4) is 0 Å². The van der Waals surface area contributed by atoms with E-state index in [4.69, 9.17) is 4.74 Å². The first-order chi connectivity index (χ1) is 9.54. The Hall–Kier alpha value is -2.30. The summed E-state index contributed by atoms with van der Waals surface area (Å²) in [5.41, 5.74) is 0.929. The summed E-state index contributed by atoms with van der Waals surface area (Å²) in [6.45, 7) is 0.0310. The lowest BCUT2D eigenvalue weighted by Crippen LogP contribution is -2.36. The highest BCUT2D eigenvalue weighted by molar-refractivity contribution is 5.67. The zero-order valence-corrected chi connectivity index (χ0v) is 11.5. The second kappa shape index (κ2) is 7.99. The molecule has 20 heavy (non-hydrogen) atoms. The van der Waals surface area contributed by atoms with Crippen LogP contribution in [0.4, 0.5) is 4.79 Å². The Morgan fingerprint density at radius 3 is 2.60 bits per heavy atom. The van der Waals surface area contributed by atoms with Gasteiger partial charge in [0.2, 0.25) is 0 Å². The van der Waals surface area contributed by atoms with Crippen molar-refractivity contribution in [1.82, 2.24) is 10.2 Å². The molecule has 0 aromatic heterocycles. The number of rotatable bonds is 6. The SMILES string of the molecule is CN(C)C(=C=O)[C@@H](O)CNC(=O)OCc1ccccc1. The summed E-state index contributed by atoms with van der Waals surface area (Å²) in [4.78, 5) is 23.5. The molecule has 0 fully saturated rings. The molecule has 0 aliphatic carbocycles. The van der Waals surface area contributed by atoms with Crippen LogP contribution in [0.1, 0.15) is 5.56 Å². The molecule has 0 aliphatic heterocycles. The Bertz CT molecular complexity index is 481. The van der Waals surface area contributed by atoms with Crippen molar-refractivity contribution in [2.24, 2.45) is 0 Å². The molecule has 1 atom stereocenters. The highest BCUT2D eigenvalue weighted by Crippen LogP contribution is 2.02. The largest absolute Gasteiger partial charge is 0.445 e. The molecule has 1 aromatic rings. The monoisotopic (exact) mass is 278 g/mol. The van der Waals surface area contributed by atoms with Gasteiger partial charge >= 0.3 is 6.09 Å². The Labute approximate surface area is 117 Å². The molecule has 0 unspecified atom stereocenters. The predicted octanol–water partition coefficient (Wildman–Crippen LogP) is 0.551. The summed E-state index contributed by atoms with van der Waals surface area (Å²) < 4.78 is 4.97. The minimum absolute atomic E-state index is 0.0633. The maximum atomic E-state index is 11.4. The summed E-state index contributed by atoms with van der Waals surface area (Å²) in [5, 5.41) is 12.1. The van der Waals surface area contributed by atoms with Crippen molar-refractivity contribution in [2.75, 3.05) is 20.6 Å². The van der Waals surface area contributed by atoms with E-state index in [0.29, 0.717) is 0 Å². The van der Waals surface area contributed by atoms with Crippen molar-refractivity contribution in [2.45, 2.75) is 12.7 Å².